The highest BCUT2D eigenvalue weighted by atomic mass is 19.1. The van der Waals surface area contributed by atoms with Crippen molar-refractivity contribution in [3.8, 4) is 0 Å². The second kappa shape index (κ2) is 4.86. The van der Waals surface area contributed by atoms with Crippen molar-refractivity contribution in [2.24, 2.45) is 0 Å². The van der Waals surface area contributed by atoms with E-state index < -0.39 is 17.6 Å². The molecule has 2 aromatic carbocycles. The largest absolute Gasteiger partial charge is 0.478 e. The van der Waals surface area contributed by atoms with Crippen LogP contribution in [0.5, 0.6) is 0 Å². The molecule has 0 saturated carbocycles. The van der Waals surface area contributed by atoms with Crippen LogP contribution in [0.1, 0.15) is 26.4 Å². The van der Waals surface area contributed by atoms with Crippen LogP contribution in [0.15, 0.2) is 48.5 Å². The summed E-state index contributed by atoms with van der Waals surface area (Å²) in [5, 5.41) is 9.53. The molecule has 2 N–H and O–H groups in total. The molecule has 5 heteroatoms. The van der Waals surface area contributed by atoms with E-state index in [1.807, 2.05) is 0 Å². The SMILES string of the molecule is O=C(c1ccccc1)c1[nH]c2ccc(F)cc2c1C(=O)O. The Balaban J connectivity index is 2.25. The van der Waals surface area contributed by atoms with Gasteiger partial charge in [-0.3, -0.25) is 4.79 Å². The van der Waals surface area contributed by atoms with Crippen LogP contribution in [0.3, 0.4) is 0 Å². The molecule has 0 saturated heterocycles. The average molecular weight is 283 g/mol. The third-order valence-electron chi connectivity index (χ3n) is 3.24. The molecule has 21 heavy (non-hydrogen) atoms. The summed E-state index contributed by atoms with van der Waals surface area (Å²) in [6.45, 7) is 0. The van der Waals surface area contributed by atoms with Gasteiger partial charge in [-0.05, 0) is 18.2 Å². The molecule has 0 unspecified atom stereocenters. The quantitative estimate of drug-likeness (QED) is 0.725. The highest BCUT2D eigenvalue weighted by Gasteiger charge is 2.23. The van der Waals surface area contributed by atoms with E-state index in [2.05, 4.69) is 4.98 Å². The van der Waals surface area contributed by atoms with Crippen LogP contribution in [-0.4, -0.2) is 21.8 Å². The molecule has 1 heterocycles. The zero-order chi connectivity index (χ0) is 15.0. The lowest BCUT2D eigenvalue weighted by molar-refractivity contribution is 0.0695. The lowest BCUT2D eigenvalue weighted by Crippen LogP contribution is -2.08. The van der Waals surface area contributed by atoms with Crippen molar-refractivity contribution in [2.75, 3.05) is 0 Å². The van der Waals surface area contributed by atoms with Gasteiger partial charge in [0, 0.05) is 16.5 Å². The van der Waals surface area contributed by atoms with Crippen molar-refractivity contribution in [3.05, 3.63) is 71.2 Å². The summed E-state index contributed by atoms with van der Waals surface area (Å²) in [6, 6.07) is 12.1. The number of carboxylic acid groups (broad SMARTS) is 1. The Morgan fingerprint density at radius 2 is 1.76 bits per heavy atom. The Bertz CT molecular complexity index is 853. The van der Waals surface area contributed by atoms with Gasteiger partial charge >= 0.3 is 5.97 Å². The van der Waals surface area contributed by atoms with Crippen molar-refractivity contribution in [3.63, 3.8) is 0 Å². The van der Waals surface area contributed by atoms with Gasteiger partial charge in [0.2, 0.25) is 5.78 Å². The predicted octanol–water partition coefficient (Wildman–Crippen LogP) is 3.24. The van der Waals surface area contributed by atoms with Crippen molar-refractivity contribution in [1.82, 2.24) is 4.98 Å². The van der Waals surface area contributed by atoms with Crippen LogP contribution in [0.2, 0.25) is 0 Å². The third-order valence-corrected chi connectivity index (χ3v) is 3.24. The number of rotatable bonds is 3. The fourth-order valence-electron chi connectivity index (χ4n) is 2.29. The molecular weight excluding hydrogens is 273 g/mol. The standard InChI is InChI=1S/C16H10FNO3/c17-10-6-7-12-11(8-10)13(16(20)21)14(18-12)15(19)9-4-2-1-3-5-9/h1-8,18H,(H,20,21). The van der Waals surface area contributed by atoms with Crippen molar-refractivity contribution >= 4 is 22.7 Å². The lowest BCUT2D eigenvalue weighted by Gasteiger charge is -2.00. The maximum absolute atomic E-state index is 13.3. The average Bonchev–Trinajstić information content (AvgIpc) is 2.86. The van der Waals surface area contributed by atoms with E-state index in [-0.39, 0.29) is 16.6 Å². The van der Waals surface area contributed by atoms with Gasteiger partial charge in [0.15, 0.2) is 0 Å². The molecule has 3 rings (SSSR count). The van der Waals surface area contributed by atoms with Gasteiger partial charge in [-0.2, -0.15) is 0 Å². The maximum Gasteiger partial charge on any atom is 0.338 e. The molecule has 0 aliphatic heterocycles. The molecule has 0 bridgehead atoms. The minimum Gasteiger partial charge on any atom is -0.478 e. The number of hydrogen-bond acceptors (Lipinski definition) is 2. The van der Waals surface area contributed by atoms with E-state index in [0.717, 1.165) is 6.07 Å². The van der Waals surface area contributed by atoms with Crippen LogP contribution in [-0.2, 0) is 0 Å². The molecule has 0 fully saturated rings. The number of carboxylic acids is 1. The summed E-state index contributed by atoms with van der Waals surface area (Å²) in [5.41, 5.74) is 0.521. The Morgan fingerprint density at radius 3 is 2.43 bits per heavy atom. The van der Waals surface area contributed by atoms with Gasteiger partial charge in [0.1, 0.15) is 11.5 Å². The van der Waals surface area contributed by atoms with E-state index in [9.17, 15) is 19.1 Å². The van der Waals surface area contributed by atoms with Gasteiger partial charge in [-0.15, -0.1) is 0 Å². The molecule has 104 valence electrons. The summed E-state index contributed by atoms with van der Waals surface area (Å²) < 4.78 is 13.3. The summed E-state index contributed by atoms with van der Waals surface area (Å²) in [6.07, 6.45) is 0. The number of hydrogen-bond donors (Lipinski definition) is 2. The first-order valence-electron chi connectivity index (χ1n) is 6.22. The molecular formula is C16H10FNO3. The fourth-order valence-corrected chi connectivity index (χ4v) is 2.29. The smallest absolute Gasteiger partial charge is 0.338 e. The van der Waals surface area contributed by atoms with Crippen LogP contribution in [0.4, 0.5) is 4.39 Å². The van der Waals surface area contributed by atoms with E-state index in [0.29, 0.717) is 11.1 Å². The van der Waals surface area contributed by atoms with Crippen LogP contribution in [0.25, 0.3) is 10.9 Å². The predicted molar refractivity (Wildman–Crippen MR) is 75.1 cm³/mol. The first kappa shape index (κ1) is 13.1. The number of ketones is 1. The summed E-state index contributed by atoms with van der Waals surface area (Å²) in [4.78, 5) is 26.7. The van der Waals surface area contributed by atoms with Crippen molar-refractivity contribution < 1.29 is 19.1 Å². The number of H-pyrrole nitrogens is 1. The Hall–Kier alpha value is -2.95. The highest BCUT2D eigenvalue weighted by Crippen LogP contribution is 2.25. The summed E-state index contributed by atoms with van der Waals surface area (Å²) >= 11 is 0. The van der Waals surface area contributed by atoms with E-state index >= 15 is 0 Å². The molecule has 0 atom stereocenters. The minimum absolute atomic E-state index is 0.0469. The van der Waals surface area contributed by atoms with Gasteiger partial charge in [-0.1, -0.05) is 30.3 Å². The zero-order valence-corrected chi connectivity index (χ0v) is 10.8. The highest BCUT2D eigenvalue weighted by molar-refractivity contribution is 6.18. The monoisotopic (exact) mass is 283 g/mol. The van der Waals surface area contributed by atoms with Crippen LogP contribution >= 0.6 is 0 Å². The number of aromatic nitrogens is 1. The molecule has 0 aliphatic carbocycles. The number of aromatic amines is 1. The van der Waals surface area contributed by atoms with Crippen molar-refractivity contribution in [1.29, 1.82) is 0 Å². The number of aromatic carboxylic acids is 1. The zero-order valence-electron chi connectivity index (χ0n) is 10.8. The molecule has 3 aromatic rings. The molecule has 0 radical (unpaired) electrons. The number of fused-ring (bicyclic) bond motifs is 1. The first-order chi connectivity index (χ1) is 10.1. The number of halogens is 1. The Kier molecular flexibility index (Phi) is 3.02. The minimum atomic E-state index is -1.27. The summed E-state index contributed by atoms with van der Waals surface area (Å²) in [5.74, 6) is -2.27. The molecule has 1 aromatic heterocycles. The molecule has 0 aliphatic rings. The third kappa shape index (κ3) is 2.18. The first-order valence-corrected chi connectivity index (χ1v) is 6.22. The number of carbonyl (C=O) groups is 2. The summed E-state index contributed by atoms with van der Waals surface area (Å²) in [7, 11) is 0. The lowest BCUT2D eigenvalue weighted by atomic mass is 10.0. The van der Waals surface area contributed by atoms with E-state index in [4.69, 9.17) is 0 Å². The topological polar surface area (TPSA) is 70.2 Å². The van der Waals surface area contributed by atoms with Gasteiger partial charge in [0.05, 0.1) is 5.56 Å². The second-order valence-electron chi connectivity index (χ2n) is 4.57. The molecule has 0 spiro atoms. The molecule has 0 amide bonds. The number of nitrogens with one attached hydrogen (secondary N) is 1. The van der Waals surface area contributed by atoms with Crippen molar-refractivity contribution in [2.45, 2.75) is 0 Å². The Labute approximate surface area is 118 Å². The van der Waals surface area contributed by atoms with Gasteiger partial charge < -0.3 is 10.1 Å². The Morgan fingerprint density at radius 1 is 1.05 bits per heavy atom. The second-order valence-corrected chi connectivity index (χ2v) is 4.57. The normalized spacial score (nSPS) is 10.7. The van der Waals surface area contributed by atoms with Crippen LogP contribution < -0.4 is 0 Å². The van der Waals surface area contributed by atoms with Crippen LogP contribution in [0, 0.1) is 5.82 Å². The fraction of sp³-hybridized carbons (Fsp3) is 0. The van der Waals surface area contributed by atoms with E-state index in [1.54, 1.807) is 30.3 Å². The number of carbonyl (C=O) groups excluding carboxylic acids is 1. The van der Waals surface area contributed by atoms with Gasteiger partial charge in [0.25, 0.3) is 0 Å². The molecule has 4 nitrogen and oxygen atoms in total. The van der Waals surface area contributed by atoms with E-state index in [1.165, 1.54) is 12.1 Å². The van der Waals surface area contributed by atoms with Gasteiger partial charge in [-0.25, -0.2) is 9.18 Å². The maximum atomic E-state index is 13.3. The number of benzene rings is 2.